The molecule has 19 heavy (non-hydrogen) atoms. The fraction of sp³-hybridized carbons (Fsp3) is 0.600. The predicted octanol–water partition coefficient (Wildman–Crippen LogP) is 1.33. The Labute approximate surface area is 114 Å². The molecule has 0 radical (unpaired) electrons. The molecule has 0 bridgehead atoms. The molecule has 0 aliphatic carbocycles. The van der Waals surface area contributed by atoms with Crippen LogP contribution in [0.4, 0.5) is 0 Å². The van der Waals surface area contributed by atoms with Crippen molar-refractivity contribution in [2.24, 2.45) is 0 Å². The molecule has 2 rings (SSSR count). The average molecular weight is 265 g/mol. The van der Waals surface area contributed by atoms with E-state index in [2.05, 4.69) is 12.2 Å². The summed E-state index contributed by atoms with van der Waals surface area (Å²) in [6.07, 6.45) is 0.771. The summed E-state index contributed by atoms with van der Waals surface area (Å²) in [5, 5.41) is 13.2. The van der Waals surface area contributed by atoms with Crippen molar-refractivity contribution < 1.29 is 14.6 Å². The molecule has 1 aromatic carbocycles. The van der Waals surface area contributed by atoms with E-state index in [0.29, 0.717) is 25.8 Å². The summed E-state index contributed by atoms with van der Waals surface area (Å²) >= 11 is 0. The van der Waals surface area contributed by atoms with Crippen LogP contribution in [-0.4, -0.2) is 43.1 Å². The average Bonchev–Trinajstić information content (AvgIpc) is 2.83. The molecule has 3 unspecified atom stereocenters. The van der Waals surface area contributed by atoms with Gasteiger partial charge in [-0.05, 0) is 18.9 Å². The fourth-order valence-corrected chi connectivity index (χ4v) is 2.23. The molecule has 1 aromatic rings. The molecule has 4 nitrogen and oxygen atoms in total. The van der Waals surface area contributed by atoms with Crippen LogP contribution in [-0.2, 0) is 16.1 Å². The van der Waals surface area contributed by atoms with Gasteiger partial charge in [0.05, 0.1) is 25.4 Å². The number of benzene rings is 1. The van der Waals surface area contributed by atoms with Crippen molar-refractivity contribution in [3.63, 3.8) is 0 Å². The van der Waals surface area contributed by atoms with Crippen LogP contribution < -0.4 is 5.32 Å². The maximum Gasteiger partial charge on any atom is 0.0897 e. The Kier molecular flexibility index (Phi) is 5.79. The summed E-state index contributed by atoms with van der Waals surface area (Å²) in [6.45, 7) is 4.31. The molecule has 1 aliphatic rings. The minimum atomic E-state index is -0.475. The molecular formula is C15H23NO3. The third-order valence-corrected chi connectivity index (χ3v) is 3.41. The summed E-state index contributed by atoms with van der Waals surface area (Å²) in [7, 11) is 0. The van der Waals surface area contributed by atoms with Gasteiger partial charge in [-0.2, -0.15) is 0 Å². The van der Waals surface area contributed by atoms with Crippen molar-refractivity contribution in [3.8, 4) is 0 Å². The highest BCUT2D eigenvalue weighted by Gasteiger charge is 2.23. The highest BCUT2D eigenvalue weighted by Crippen LogP contribution is 2.12. The molecule has 2 N–H and O–H groups in total. The molecular weight excluding hydrogens is 242 g/mol. The number of aliphatic hydroxyl groups excluding tert-OH is 1. The Morgan fingerprint density at radius 2 is 2.21 bits per heavy atom. The van der Waals surface area contributed by atoms with Gasteiger partial charge < -0.3 is 19.9 Å². The highest BCUT2D eigenvalue weighted by atomic mass is 16.5. The second-order valence-electron chi connectivity index (χ2n) is 5.03. The first kappa shape index (κ1) is 14.5. The Bertz CT molecular complexity index is 358. The van der Waals surface area contributed by atoms with Crippen molar-refractivity contribution in [1.82, 2.24) is 5.32 Å². The quantitative estimate of drug-likeness (QED) is 0.781. The first-order chi connectivity index (χ1) is 9.25. The summed E-state index contributed by atoms with van der Waals surface area (Å²) in [5.41, 5.74) is 1.13. The first-order valence-electron chi connectivity index (χ1n) is 6.90. The van der Waals surface area contributed by atoms with Gasteiger partial charge in [0.1, 0.15) is 0 Å². The number of hydrogen-bond acceptors (Lipinski definition) is 4. The van der Waals surface area contributed by atoms with E-state index in [1.54, 1.807) is 0 Å². The van der Waals surface area contributed by atoms with Crippen LogP contribution in [0.2, 0.25) is 0 Å². The Morgan fingerprint density at radius 1 is 1.42 bits per heavy atom. The molecule has 106 valence electrons. The van der Waals surface area contributed by atoms with Crippen molar-refractivity contribution >= 4 is 0 Å². The lowest BCUT2D eigenvalue weighted by molar-refractivity contribution is 0.0259. The molecule has 3 atom stereocenters. The maximum atomic E-state index is 9.85. The second kappa shape index (κ2) is 7.60. The second-order valence-corrected chi connectivity index (χ2v) is 5.03. The molecule has 0 amide bonds. The van der Waals surface area contributed by atoms with Crippen molar-refractivity contribution in [3.05, 3.63) is 35.9 Å². The van der Waals surface area contributed by atoms with Crippen LogP contribution in [0.25, 0.3) is 0 Å². The molecule has 1 aliphatic heterocycles. The van der Waals surface area contributed by atoms with E-state index in [0.717, 1.165) is 18.6 Å². The summed E-state index contributed by atoms with van der Waals surface area (Å²) < 4.78 is 11.0. The van der Waals surface area contributed by atoms with Gasteiger partial charge in [-0.3, -0.25) is 0 Å². The smallest absolute Gasteiger partial charge is 0.0897 e. The largest absolute Gasteiger partial charge is 0.389 e. The standard InChI is InChI=1S/C15H23NO3/c1-12-15(7-8-19-12)16-9-14(17)11-18-10-13-5-3-2-4-6-13/h2-6,12,14-17H,7-11H2,1H3. The fourth-order valence-electron chi connectivity index (χ4n) is 2.23. The van der Waals surface area contributed by atoms with Crippen LogP contribution in [0.5, 0.6) is 0 Å². The predicted molar refractivity (Wildman–Crippen MR) is 73.9 cm³/mol. The zero-order chi connectivity index (χ0) is 13.5. The normalized spacial score (nSPS) is 24.5. The van der Waals surface area contributed by atoms with E-state index in [9.17, 15) is 5.11 Å². The Hall–Kier alpha value is -0.940. The zero-order valence-electron chi connectivity index (χ0n) is 11.4. The maximum absolute atomic E-state index is 9.85. The lowest BCUT2D eigenvalue weighted by Crippen LogP contribution is -2.40. The Morgan fingerprint density at radius 3 is 2.89 bits per heavy atom. The number of ether oxygens (including phenoxy) is 2. The number of nitrogens with one attached hydrogen (secondary N) is 1. The zero-order valence-corrected chi connectivity index (χ0v) is 11.4. The summed E-state index contributed by atoms with van der Waals surface area (Å²) in [4.78, 5) is 0. The van der Waals surface area contributed by atoms with Crippen molar-refractivity contribution in [2.45, 2.75) is 38.2 Å². The Balaban J connectivity index is 1.58. The van der Waals surface area contributed by atoms with E-state index in [1.165, 1.54) is 0 Å². The van der Waals surface area contributed by atoms with E-state index < -0.39 is 6.10 Å². The van der Waals surface area contributed by atoms with Crippen molar-refractivity contribution in [2.75, 3.05) is 19.8 Å². The third kappa shape index (κ3) is 4.91. The van der Waals surface area contributed by atoms with Crippen LogP contribution in [0.15, 0.2) is 30.3 Å². The number of aliphatic hydroxyl groups is 1. The topological polar surface area (TPSA) is 50.7 Å². The van der Waals surface area contributed by atoms with Gasteiger partial charge in [0.15, 0.2) is 0 Å². The summed E-state index contributed by atoms with van der Waals surface area (Å²) in [5.74, 6) is 0. The summed E-state index contributed by atoms with van der Waals surface area (Å²) in [6, 6.07) is 10.3. The highest BCUT2D eigenvalue weighted by molar-refractivity contribution is 5.13. The van der Waals surface area contributed by atoms with Gasteiger partial charge in [0.2, 0.25) is 0 Å². The lowest BCUT2D eigenvalue weighted by Gasteiger charge is -2.18. The lowest BCUT2D eigenvalue weighted by atomic mass is 10.1. The molecule has 0 aromatic heterocycles. The molecule has 0 saturated carbocycles. The molecule has 0 spiro atoms. The van der Waals surface area contributed by atoms with Gasteiger partial charge in [0, 0.05) is 19.2 Å². The van der Waals surface area contributed by atoms with E-state index >= 15 is 0 Å². The SMILES string of the molecule is CC1OCCC1NCC(O)COCc1ccccc1. The van der Waals surface area contributed by atoms with Crippen LogP contribution >= 0.6 is 0 Å². The minimum Gasteiger partial charge on any atom is -0.389 e. The van der Waals surface area contributed by atoms with E-state index in [-0.39, 0.29) is 6.10 Å². The van der Waals surface area contributed by atoms with Gasteiger partial charge in [0.25, 0.3) is 0 Å². The third-order valence-electron chi connectivity index (χ3n) is 3.41. The number of hydrogen-bond donors (Lipinski definition) is 2. The van der Waals surface area contributed by atoms with Crippen LogP contribution in [0.1, 0.15) is 18.9 Å². The van der Waals surface area contributed by atoms with E-state index in [1.807, 2.05) is 30.3 Å². The van der Waals surface area contributed by atoms with Gasteiger partial charge in [-0.15, -0.1) is 0 Å². The first-order valence-corrected chi connectivity index (χ1v) is 6.90. The monoisotopic (exact) mass is 265 g/mol. The van der Waals surface area contributed by atoms with Gasteiger partial charge >= 0.3 is 0 Å². The minimum absolute atomic E-state index is 0.234. The van der Waals surface area contributed by atoms with Crippen molar-refractivity contribution in [1.29, 1.82) is 0 Å². The van der Waals surface area contributed by atoms with Gasteiger partial charge in [-0.25, -0.2) is 0 Å². The molecule has 4 heteroatoms. The molecule has 1 saturated heterocycles. The molecule has 1 heterocycles. The van der Waals surface area contributed by atoms with Crippen LogP contribution in [0.3, 0.4) is 0 Å². The number of rotatable bonds is 7. The molecule has 1 fully saturated rings. The van der Waals surface area contributed by atoms with Gasteiger partial charge in [-0.1, -0.05) is 30.3 Å². The van der Waals surface area contributed by atoms with E-state index in [4.69, 9.17) is 9.47 Å². The van der Waals surface area contributed by atoms with Crippen LogP contribution in [0, 0.1) is 0 Å².